The number of amides is 1. The molecule has 0 aromatic heterocycles. The van der Waals surface area contributed by atoms with Crippen molar-refractivity contribution in [1.82, 2.24) is 4.72 Å². The third kappa shape index (κ3) is 5.72. The molecule has 0 aliphatic rings. The van der Waals surface area contributed by atoms with Crippen molar-refractivity contribution in [2.24, 2.45) is 0 Å². The van der Waals surface area contributed by atoms with Gasteiger partial charge in [-0.3, -0.25) is 4.72 Å². The molecule has 0 atom stereocenters. The number of ether oxygens (including phenoxy) is 1. The Morgan fingerprint density at radius 1 is 1.43 bits per heavy atom. The Kier molecular flexibility index (Phi) is 6.02. The molecule has 0 aliphatic heterocycles. The van der Waals surface area contributed by atoms with Crippen LogP contribution in [-0.2, 0) is 14.9 Å². The molecule has 0 fully saturated rings. The highest BCUT2D eigenvalue weighted by Gasteiger charge is 2.15. The number of benzene rings is 1. The molecule has 8 heteroatoms. The summed E-state index contributed by atoms with van der Waals surface area (Å²) in [6.07, 6.45) is -0.817. The van der Waals surface area contributed by atoms with E-state index in [0.717, 1.165) is 12.7 Å². The molecule has 0 bridgehead atoms. The minimum atomic E-state index is -4.10. The molecule has 0 saturated heterocycles. The van der Waals surface area contributed by atoms with Crippen LogP contribution in [0.3, 0.4) is 0 Å². The van der Waals surface area contributed by atoms with E-state index in [1.54, 1.807) is 16.9 Å². The van der Waals surface area contributed by atoms with Gasteiger partial charge >= 0.3 is 16.3 Å². The molecule has 1 aromatic carbocycles. The number of carbonyl (C=O) groups excluding carboxylic acids is 1. The summed E-state index contributed by atoms with van der Waals surface area (Å²) in [5.41, 5.74) is 1.56. The molecule has 7 nitrogen and oxygen atoms in total. The summed E-state index contributed by atoms with van der Waals surface area (Å²) in [4.78, 5) is 11.0. The van der Waals surface area contributed by atoms with Crippen LogP contribution in [0.15, 0.2) is 18.2 Å². The number of methoxy groups -OCH3 is 1. The number of aliphatic hydroxyl groups excluding tert-OH is 1. The Morgan fingerprint density at radius 2 is 2.14 bits per heavy atom. The number of carbonyl (C=O) groups is 1. The van der Waals surface area contributed by atoms with Crippen LogP contribution in [0.5, 0.6) is 0 Å². The maximum Gasteiger partial charge on any atom is 0.422 e. The van der Waals surface area contributed by atoms with E-state index in [1.165, 1.54) is 6.07 Å². The largest absolute Gasteiger partial charge is 0.452 e. The topological polar surface area (TPSA) is 105 Å². The van der Waals surface area contributed by atoms with Crippen LogP contribution in [0.1, 0.15) is 17.5 Å². The van der Waals surface area contributed by atoms with E-state index >= 15 is 0 Å². The Labute approximate surface area is 123 Å². The molecule has 0 spiro atoms. The van der Waals surface area contributed by atoms with E-state index in [4.69, 9.17) is 5.11 Å². The summed E-state index contributed by atoms with van der Waals surface area (Å²) in [6, 6.07) is 4.93. The Hall–Kier alpha value is -2.24. The predicted molar refractivity (Wildman–Crippen MR) is 77.8 cm³/mol. The third-order valence-corrected chi connectivity index (χ3v) is 3.21. The average Bonchev–Trinajstić information content (AvgIpc) is 2.41. The molecular weight excluding hydrogens is 296 g/mol. The predicted octanol–water partition coefficient (Wildman–Crippen LogP) is 0.742. The minimum Gasteiger partial charge on any atom is -0.452 e. The molecule has 1 amide bonds. The van der Waals surface area contributed by atoms with Gasteiger partial charge in [0, 0.05) is 12.0 Å². The average molecular weight is 312 g/mol. The van der Waals surface area contributed by atoms with E-state index in [0.29, 0.717) is 5.56 Å². The third-order valence-electron chi connectivity index (χ3n) is 2.28. The highest BCUT2D eigenvalue weighted by molar-refractivity contribution is 7.91. The van der Waals surface area contributed by atoms with Gasteiger partial charge in [0.05, 0.1) is 19.4 Å². The SMILES string of the molecule is COC(=O)NS(=O)(=O)Nc1ccc(C)cc1C#CCCO. The minimum absolute atomic E-state index is 0.0796. The second-order valence-electron chi connectivity index (χ2n) is 4.02. The normalized spacial score (nSPS) is 10.2. The van der Waals surface area contributed by atoms with E-state index in [-0.39, 0.29) is 18.7 Å². The van der Waals surface area contributed by atoms with Gasteiger partial charge in [0.1, 0.15) is 0 Å². The zero-order valence-electron chi connectivity index (χ0n) is 11.6. The lowest BCUT2D eigenvalue weighted by atomic mass is 10.1. The second kappa shape index (κ2) is 7.52. The number of hydrogen-bond donors (Lipinski definition) is 3. The highest BCUT2D eigenvalue weighted by Crippen LogP contribution is 2.17. The first kappa shape index (κ1) is 16.8. The molecule has 21 heavy (non-hydrogen) atoms. The lowest BCUT2D eigenvalue weighted by Gasteiger charge is -2.10. The zero-order valence-corrected chi connectivity index (χ0v) is 12.5. The lowest BCUT2D eigenvalue weighted by Crippen LogP contribution is -2.35. The summed E-state index contributed by atoms with van der Waals surface area (Å²) in [7, 11) is -3.05. The number of anilines is 1. The highest BCUT2D eigenvalue weighted by atomic mass is 32.2. The van der Waals surface area contributed by atoms with Crippen molar-refractivity contribution in [2.75, 3.05) is 18.4 Å². The molecule has 3 N–H and O–H groups in total. The summed E-state index contributed by atoms with van der Waals surface area (Å²) >= 11 is 0. The van der Waals surface area contributed by atoms with Crippen molar-refractivity contribution in [2.45, 2.75) is 13.3 Å². The van der Waals surface area contributed by atoms with E-state index in [9.17, 15) is 13.2 Å². The van der Waals surface area contributed by atoms with Crippen LogP contribution < -0.4 is 9.44 Å². The first-order chi connectivity index (χ1) is 9.88. The Morgan fingerprint density at radius 3 is 2.76 bits per heavy atom. The van der Waals surface area contributed by atoms with Gasteiger partial charge in [-0.25, -0.2) is 9.52 Å². The van der Waals surface area contributed by atoms with E-state index in [1.807, 2.05) is 6.92 Å². The maximum absolute atomic E-state index is 11.7. The van der Waals surface area contributed by atoms with E-state index < -0.39 is 16.3 Å². The van der Waals surface area contributed by atoms with Gasteiger partial charge in [-0.05, 0) is 24.6 Å². The molecule has 0 aliphatic carbocycles. The van der Waals surface area contributed by atoms with Gasteiger partial charge in [0.2, 0.25) is 0 Å². The molecule has 0 radical (unpaired) electrons. The number of aryl methyl sites for hydroxylation is 1. The fourth-order valence-electron chi connectivity index (χ4n) is 1.39. The van der Waals surface area contributed by atoms with Crippen LogP contribution in [0.2, 0.25) is 0 Å². The molecule has 0 heterocycles. The number of nitrogens with one attached hydrogen (secondary N) is 2. The van der Waals surface area contributed by atoms with Gasteiger partial charge in [-0.1, -0.05) is 17.9 Å². The fraction of sp³-hybridized carbons (Fsp3) is 0.308. The monoisotopic (exact) mass is 312 g/mol. The fourth-order valence-corrected chi connectivity index (χ4v) is 2.21. The number of rotatable bonds is 4. The molecule has 1 aromatic rings. The van der Waals surface area contributed by atoms with Crippen molar-refractivity contribution < 1.29 is 23.1 Å². The van der Waals surface area contributed by atoms with Crippen LogP contribution in [0.4, 0.5) is 10.5 Å². The smallest absolute Gasteiger partial charge is 0.422 e. The molecule has 1 rings (SSSR count). The quantitative estimate of drug-likeness (QED) is 0.711. The Balaban J connectivity index is 3.03. The first-order valence-electron chi connectivity index (χ1n) is 5.97. The molecule has 114 valence electrons. The molecule has 0 saturated carbocycles. The molecule has 0 unspecified atom stereocenters. The summed E-state index contributed by atoms with van der Waals surface area (Å²) in [5.74, 6) is 5.47. The maximum atomic E-state index is 11.7. The van der Waals surface area contributed by atoms with Crippen molar-refractivity contribution in [1.29, 1.82) is 0 Å². The van der Waals surface area contributed by atoms with Gasteiger partial charge < -0.3 is 9.84 Å². The zero-order chi connectivity index (χ0) is 15.9. The standard InChI is InChI=1S/C13H16N2O5S/c1-10-6-7-12(11(9-10)5-3-4-8-16)14-21(18,19)15-13(17)20-2/h6-7,9,14,16H,4,8H2,1-2H3,(H,15,17). The van der Waals surface area contributed by atoms with Gasteiger partial charge in [0.25, 0.3) is 0 Å². The summed E-state index contributed by atoms with van der Waals surface area (Å²) in [6.45, 7) is 1.76. The first-order valence-corrected chi connectivity index (χ1v) is 7.45. The number of aliphatic hydroxyl groups is 1. The van der Waals surface area contributed by atoms with Gasteiger partial charge in [-0.2, -0.15) is 8.42 Å². The van der Waals surface area contributed by atoms with Crippen LogP contribution >= 0.6 is 0 Å². The lowest BCUT2D eigenvalue weighted by molar-refractivity contribution is 0.177. The number of hydrogen-bond acceptors (Lipinski definition) is 5. The van der Waals surface area contributed by atoms with Crippen molar-refractivity contribution in [3.63, 3.8) is 0 Å². The molecular formula is C13H16N2O5S. The summed E-state index contributed by atoms with van der Waals surface area (Å²) < 4.78 is 31.6. The summed E-state index contributed by atoms with van der Waals surface area (Å²) in [5, 5.41) is 8.71. The van der Waals surface area contributed by atoms with Crippen LogP contribution in [0, 0.1) is 18.8 Å². The van der Waals surface area contributed by atoms with Crippen molar-refractivity contribution >= 4 is 22.0 Å². The van der Waals surface area contributed by atoms with Crippen LogP contribution in [0.25, 0.3) is 0 Å². The van der Waals surface area contributed by atoms with E-state index in [2.05, 4.69) is 21.3 Å². The van der Waals surface area contributed by atoms with Gasteiger partial charge in [-0.15, -0.1) is 0 Å². The Bertz CT molecular complexity index is 674. The van der Waals surface area contributed by atoms with Crippen LogP contribution in [-0.4, -0.2) is 33.3 Å². The van der Waals surface area contributed by atoms with Gasteiger partial charge in [0.15, 0.2) is 0 Å². The van der Waals surface area contributed by atoms with Crippen molar-refractivity contribution in [3.8, 4) is 11.8 Å². The second-order valence-corrected chi connectivity index (χ2v) is 5.44. The van der Waals surface area contributed by atoms with Crippen molar-refractivity contribution in [3.05, 3.63) is 29.3 Å².